The van der Waals surface area contributed by atoms with Crippen LogP contribution in [-0.4, -0.2) is 30.1 Å². The molecule has 90 valence electrons. The minimum Gasteiger partial charge on any atom is -0.373 e. The average molecular weight is 252 g/mol. The lowest BCUT2D eigenvalue weighted by Crippen LogP contribution is -2.57. The van der Waals surface area contributed by atoms with Gasteiger partial charge in [-0.3, -0.25) is 0 Å². The molecule has 7 heteroatoms. The third-order valence-electron chi connectivity index (χ3n) is 2.16. The highest BCUT2D eigenvalue weighted by molar-refractivity contribution is 6.75. The van der Waals surface area contributed by atoms with Crippen molar-refractivity contribution in [2.45, 2.75) is 0 Å². The summed E-state index contributed by atoms with van der Waals surface area (Å²) in [5, 5.41) is -0.625. The molecule has 0 fully saturated rings. The van der Waals surface area contributed by atoms with E-state index in [2.05, 4.69) is 0 Å². The summed E-state index contributed by atoms with van der Waals surface area (Å²) >= 11 is 0. The Hall–Kier alpha value is -0.893. The minimum atomic E-state index is -3.70. The van der Waals surface area contributed by atoms with E-state index in [1.54, 1.807) is 0 Å². The van der Waals surface area contributed by atoms with Crippen LogP contribution in [0.4, 0.5) is 13.2 Å². The Balaban J connectivity index is 3.45. The Bertz CT molecular complexity index is 374. The number of hydrogen-bond donors (Lipinski definition) is 0. The molecule has 0 saturated heterocycles. The number of hydrogen-bond acceptors (Lipinski definition) is 3. The summed E-state index contributed by atoms with van der Waals surface area (Å²) in [6, 6.07) is 1.49. The van der Waals surface area contributed by atoms with Gasteiger partial charge < -0.3 is 13.3 Å². The third kappa shape index (κ3) is 1.99. The molecular weight excluding hydrogens is 241 g/mol. The van der Waals surface area contributed by atoms with Crippen LogP contribution < -0.4 is 5.19 Å². The number of rotatable bonds is 4. The highest BCUT2D eigenvalue weighted by Crippen LogP contribution is 2.14. The van der Waals surface area contributed by atoms with Crippen molar-refractivity contribution in [2.24, 2.45) is 0 Å². The first-order valence-corrected chi connectivity index (χ1v) is 6.04. The van der Waals surface area contributed by atoms with E-state index in [1.807, 2.05) is 0 Å². The van der Waals surface area contributed by atoms with Gasteiger partial charge in [-0.1, -0.05) is 0 Å². The summed E-state index contributed by atoms with van der Waals surface area (Å²) in [6.07, 6.45) is 0. The second-order valence-corrected chi connectivity index (χ2v) is 5.72. The topological polar surface area (TPSA) is 27.7 Å². The van der Waals surface area contributed by atoms with Crippen LogP contribution in [0.15, 0.2) is 12.1 Å². The van der Waals surface area contributed by atoms with Gasteiger partial charge in [0.2, 0.25) is 0 Å². The average Bonchev–Trinajstić information content (AvgIpc) is 2.30. The maximum atomic E-state index is 13.5. The molecule has 0 heterocycles. The number of halogens is 3. The largest absolute Gasteiger partial charge is 0.542 e. The van der Waals surface area contributed by atoms with Crippen LogP contribution in [0.2, 0.25) is 0 Å². The van der Waals surface area contributed by atoms with Crippen LogP contribution in [0.25, 0.3) is 0 Å². The molecule has 0 atom stereocenters. The SMILES string of the molecule is CO[Si](OC)(OC)c1c(F)ccc(F)c1F. The molecule has 0 N–H and O–H groups in total. The van der Waals surface area contributed by atoms with Crippen LogP contribution in [-0.2, 0) is 13.3 Å². The molecule has 1 aromatic carbocycles. The van der Waals surface area contributed by atoms with Gasteiger partial charge in [-0.15, -0.1) is 0 Å². The Labute approximate surface area is 92.1 Å². The quantitative estimate of drug-likeness (QED) is 0.595. The van der Waals surface area contributed by atoms with Gasteiger partial charge in [-0.25, -0.2) is 13.2 Å². The van der Waals surface area contributed by atoms with Gasteiger partial charge in [0.15, 0.2) is 11.6 Å². The Morgan fingerprint density at radius 3 is 1.75 bits per heavy atom. The van der Waals surface area contributed by atoms with E-state index in [0.29, 0.717) is 6.07 Å². The summed E-state index contributed by atoms with van der Waals surface area (Å²) in [7, 11) is -0.153. The monoisotopic (exact) mass is 252 g/mol. The van der Waals surface area contributed by atoms with Crippen LogP contribution in [0.5, 0.6) is 0 Å². The lowest BCUT2D eigenvalue weighted by atomic mass is 10.3. The van der Waals surface area contributed by atoms with Crippen LogP contribution in [0.1, 0.15) is 0 Å². The van der Waals surface area contributed by atoms with Crippen LogP contribution >= 0.6 is 0 Å². The summed E-state index contributed by atoms with van der Waals surface area (Å²) in [5.41, 5.74) is 0. The van der Waals surface area contributed by atoms with Gasteiger partial charge in [0.25, 0.3) is 0 Å². The van der Waals surface area contributed by atoms with Crippen molar-refractivity contribution < 1.29 is 26.4 Å². The van der Waals surface area contributed by atoms with E-state index >= 15 is 0 Å². The fraction of sp³-hybridized carbons (Fsp3) is 0.333. The maximum Gasteiger partial charge on any atom is 0.542 e. The van der Waals surface area contributed by atoms with Gasteiger partial charge in [0, 0.05) is 21.3 Å². The third-order valence-corrected chi connectivity index (χ3v) is 4.84. The molecule has 0 unspecified atom stereocenters. The molecule has 0 aliphatic rings. The summed E-state index contributed by atoms with van der Waals surface area (Å²) in [6.45, 7) is 0. The zero-order chi connectivity index (χ0) is 12.3. The summed E-state index contributed by atoms with van der Waals surface area (Å²) in [4.78, 5) is 0. The van der Waals surface area contributed by atoms with Crippen molar-refractivity contribution in [3.63, 3.8) is 0 Å². The second-order valence-electron chi connectivity index (χ2n) is 2.89. The zero-order valence-electron chi connectivity index (χ0n) is 9.01. The summed E-state index contributed by atoms with van der Waals surface area (Å²) < 4.78 is 54.6. The molecule has 1 rings (SSSR count). The Kier molecular flexibility index (Phi) is 4.08. The summed E-state index contributed by atoms with van der Waals surface area (Å²) in [5.74, 6) is -3.49. The van der Waals surface area contributed by atoms with E-state index in [9.17, 15) is 13.2 Å². The van der Waals surface area contributed by atoms with Gasteiger partial charge >= 0.3 is 8.80 Å². The van der Waals surface area contributed by atoms with Crippen molar-refractivity contribution in [3.8, 4) is 0 Å². The normalized spacial score (nSPS) is 11.9. The molecule has 0 saturated carbocycles. The van der Waals surface area contributed by atoms with E-state index < -0.39 is 31.4 Å². The number of benzene rings is 1. The van der Waals surface area contributed by atoms with Crippen molar-refractivity contribution in [1.29, 1.82) is 0 Å². The first kappa shape index (κ1) is 13.2. The van der Waals surface area contributed by atoms with Crippen molar-refractivity contribution in [1.82, 2.24) is 0 Å². The fourth-order valence-electron chi connectivity index (χ4n) is 1.36. The maximum absolute atomic E-state index is 13.5. The molecule has 0 radical (unpaired) electrons. The lowest BCUT2D eigenvalue weighted by Gasteiger charge is -2.25. The predicted molar refractivity (Wildman–Crippen MR) is 52.7 cm³/mol. The molecule has 0 aromatic heterocycles. The van der Waals surface area contributed by atoms with Crippen LogP contribution in [0, 0.1) is 17.5 Å². The van der Waals surface area contributed by atoms with Gasteiger partial charge in [-0.05, 0) is 12.1 Å². The highest BCUT2D eigenvalue weighted by atomic mass is 28.4. The Morgan fingerprint density at radius 2 is 1.31 bits per heavy atom. The first-order valence-electron chi connectivity index (χ1n) is 4.31. The minimum absolute atomic E-state index is 0.625. The van der Waals surface area contributed by atoms with E-state index in [-0.39, 0.29) is 0 Å². The van der Waals surface area contributed by atoms with Crippen molar-refractivity contribution in [2.75, 3.05) is 21.3 Å². The molecule has 0 bridgehead atoms. The molecule has 0 aliphatic heterocycles. The highest BCUT2D eigenvalue weighted by Gasteiger charge is 2.46. The zero-order valence-corrected chi connectivity index (χ0v) is 10.0. The van der Waals surface area contributed by atoms with Crippen LogP contribution in [0.3, 0.4) is 0 Å². The second kappa shape index (κ2) is 4.96. The molecule has 0 amide bonds. The van der Waals surface area contributed by atoms with Gasteiger partial charge in [0.1, 0.15) is 5.82 Å². The van der Waals surface area contributed by atoms with E-state index in [1.165, 1.54) is 21.3 Å². The molecular formula is C9H11F3O3Si. The molecule has 0 aliphatic carbocycles. The Morgan fingerprint density at radius 1 is 0.875 bits per heavy atom. The molecule has 16 heavy (non-hydrogen) atoms. The van der Waals surface area contributed by atoms with Gasteiger partial charge in [-0.2, -0.15) is 0 Å². The van der Waals surface area contributed by atoms with Crippen molar-refractivity contribution >= 4 is 14.0 Å². The first-order chi connectivity index (χ1) is 7.52. The molecule has 3 nitrogen and oxygen atoms in total. The van der Waals surface area contributed by atoms with Gasteiger partial charge in [0.05, 0.1) is 5.19 Å². The smallest absolute Gasteiger partial charge is 0.373 e. The molecule has 0 spiro atoms. The lowest BCUT2D eigenvalue weighted by molar-refractivity contribution is 0.138. The molecule has 1 aromatic rings. The predicted octanol–water partition coefficient (Wildman–Crippen LogP) is 1.19. The van der Waals surface area contributed by atoms with E-state index in [0.717, 1.165) is 6.07 Å². The van der Waals surface area contributed by atoms with E-state index in [4.69, 9.17) is 13.3 Å². The fourth-order valence-corrected chi connectivity index (χ4v) is 3.24. The standard InChI is InChI=1S/C9H11F3O3Si/c1-13-16(14-2,15-3)9-7(11)5-4-6(10)8(9)12/h4-5H,1-3H3. The van der Waals surface area contributed by atoms with Crippen molar-refractivity contribution in [3.05, 3.63) is 29.6 Å².